The second-order valence-corrected chi connectivity index (χ2v) is 4.78. The monoisotopic (exact) mass is 324 g/mol. The van der Waals surface area contributed by atoms with Crippen LogP contribution < -0.4 is 0 Å². The quantitative estimate of drug-likeness (QED) is 0.596. The lowest BCUT2D eigenvalue weighted by molar-refractivity contribution is -0.138. The van der Waals surface area contributed by atoms with Gasteiger partial charge >= 0.3 is 12.1 Å². The van der Waals surface area contributed by atoms with E-state index in [-0.39, 0.29) is 6.61 Å². The third-order valence-corrected chi connectivity index (χ3v) is 3.14. The number of halogens is 3. The molecule has 0 bridgehead atoms. The fourth-order valence-electron chi connectivity index (χ4n) is 1.98. The van der Waals surface area contributed by atoms with E-state index in [4.69, 9.17) is 9.15 Å². The summed E-state index contributed by atoms with van der Waals surface area (Å²) < 4.78 is 48.0. The van der Waals surface area contributed by atoms with Crippen molar-refractivity contribution in [1.29, 1.82) is 0 Å². The number of hydrogen-bond acceptors (Lipinski definition) is 3. The van der Waals surface area contributed by atoms with Gasteiger partial charge < -0.3 is 9.15 Å². The summed E-state index contributed by atoms with van der Waals surface area (Å²) in [6.45, 7) is 3.69. The highest BCUT2D eigenvalue weighted by atomic mass is 19.4. The molecule has 0 saturated heterocycles. The van der Waals surface area contributed by atoms with Gasteiger partial charge in [-0.05, 0) is 38.1 Å². The lowest BCUT2D eigenvalue weighted by Crippen LogP contribution is -2.03. The maximum absolute atomic E-state index is 12.6. The van der Waals surface area contributed by atoms with E-state index in [9.17, 15) is 18.0 Å². The molecule has 0 unspecified atom stereocenters. The summed E-state index contributed by atoms with van der Waals surface area (Å²) >= 11 is 0. The first-order chi connectivity index (χ1) is 10.8. The minimum atomic E-state index is -4.37. The van der Waals surface area contributed by atoms with Crippen molar-refractivity contribution >= 4 is 12.0 Å². The van der Waals surface area contributed by atoms with Gasteiger partial charge in [0.1, 0.15) is 11.5 Å². The van der Waals surface area contributed by atoms with Crippen LogP contribution in [0.3, 0.4) is 0 Å². The Morgan fingerprint density at radius 3 is 2.48 bits per heavy atom. The molecule has 0 spiro atoms. The van der Waals surface area contributed by atoms with Gasteiger partial charge in [-0.1, -0.05) is 12.1 Å². The molecule has 0 aliphatic rings. The molecule has 0 amide bonds. The highest BCUT2D eigenvalue weighted by Crippen LogP contribution is 2.32. The molecule has 0 saturated carbocycles. The Kier molecular flexibility index (Phi) is 4.93. The van der Waals surface area contributed by atoms with Gasteiger partial charge in [0.15, 0.2) is 0 Å². The lowest BCUT2D eigenvalue weighted by atomic mass is 10.1. The SMILES string of the molecule is CCOC(=O)/C=C/c1cc(-c2ccc(C(F)(F)F)cc2)oc1C. The van der Waals surface area contributed by atoms with E-state index < -0.39 is 17.7 Å². The predicted octanol–water partition coefficient (Wildman–Crippen LogP) is 4.85. The molecule has 0 aliphatic carbocycles. The number of rotatable bonds is 4. The average molecular weight is 324 g/mol. The van der Waals surface area contributed by atoms with E-state index in [0.717, 1.165) is 12.1 Å². The number of benzene rings is 1. The Balaban J connectivity index is 2.22. The number of esters is 1. The molecule has 6 heteroatoms. The van der Waals surface area contributed by atoms with Crippen LogP contribution in [-0.4, -0.2) is 12.6 Å². The zero-order valence-electron chi connectivity index (χ0n) is 12.6. The molecule has 23 heavy (non-hydrogen) atoms. The van der Waals surface area contributed by atoms with Crippen LogP contribution in [0.4, 0.5) is 13.2 Å². The van der Waals surface area contributed by atoms with Crippen LogP contribution in [0, 0.1) is 6.92 Å². The van der Waals surface area contributed by atoms with Crippen LogP contribution in [-0.2, 0) is 15.7 Å². The van der Waals surface area contributed by atoms with Gasteiger partial charge in [-0.3, -0.25) is 0 Å². The molecule has 1 heterocycles. The zero-order valence-corrected chi connectivity index (χ0v) is 12.6. The first kappa shape index (κ1) is 16.9. The molecule has 1 aromatic heterocycles. The Morgan fingerprint density at radius 2 is 1.91 bits per heavy atom. The molecule has 0 atom stereocenters. The largest absolute Gasteiger partial charge is 0.463 e. The van der Waals surface area contributed by atoms with Gasteiger partial charge in [0.25, 0.3) is 0 Å². The van der Waals surface area contributed by atoms with E-state index in [1.807, 2.05) is 0 Å². The number of alkyl halides is 3. The van der Waals surface area contributed by atoms with E-state index in [1.165, 1.54) is 18.2 Å². The van der Waals surface area contributed by atoms with Crippen molar-refractivity contribution in [1.82, 2.24) is 0 Å². The van der Waals surface area contributed by atoms with Crippen molar-refractivity contribution in [3.63, 3.8) is 0 Å². The average Bonchev–Trinajstić information content (AvgIpc) is 2.86. The summed E-state index contributed by atoms with van der Waals surface area (Å²) in [6, 6.07) is 6.36. The minimum absolute atomic E-state index is 0.282. The van der Waals surface area contributed by atoms with Gasteiger partial charge in [-0.25, -0.2) is 4.79 Å². The van der Waals surface area contributed by atoms with Gasteiger partial charge in [-0.15, -0.1) is 0 Å². The van der Waals surface area contributed by atoms with Gasteiger partial charge in [0.2, 0.25) is 0 Å². The molecule has 1 aromatic carbocycles. The highest BCUT2D eigenvalue weighted by Gasteiger charge is 2.30. The van der Waals surface area contributed by atoms with E-state index in [2.05, 4.69) is 0 Å². The second-order valence-electron chi connectivity index (χ2n) is 4.78. The Morgan fingerprint density at radius 1 is 1.26 bits per heavy atom. The highest BCUT2D eigenvalue weighted by molar-refractivity contribution is 5.87. The third-order valence-electron chi connectivity index (χ3n) is 3.14. The summed E-state index contributed by atoms with van der Waals surface area (Å²) in [5, 5.41) is 0. The molecule has 2 rings (SSSR count). The maximum Gasteiger partial charge on any atom is 0.416 e. The van der Waals surface area contributed by atoms with Gasteiger partial charge in [0.05, 0.1) is 12.2 Å². The first-order valence-electron chi connectivity index (χ1n) is 6.94. The summed E-state index contributed by atoms with van der Waals surface area (Å²) in [7, 11) is 0. The molecule has 0 radical (unpaired) electrons. The Labute approximate surface area is 131 Å². The Bertz CT molecular complexity index is 710. The van der Waals surface area contributed by atoms with Crippen molar-refractivity contribution < 1.29 is 27.1 Å². The fraction of sp³-hybridized carbons (Fsp3) is 0.235. The van der Waals surface area contributed by atoms with E-state index in [1.54, 1.807) is 26.0 Å². The molecule has 122 valence electrons. The summed E-state index contributed by atoms with van der Waals surface area (Å²) in [5.74, 6) is 0.518. The molecular weight excluding hydrogens is 309 g/mol. The molecule has 0 N–H and O–H groups in total. The predicted molar refractivity (Wildman–Crippen MR) is 79.6 cm³/mol. The summed E-state index contributed by atoms with van der Waals surface area (Å²) in [6.07, 6.45) is -1.55. The van der Waals surface area contributed by atoms with Crippen LogP contribution in [0.15, 0.2) is 40.8 Å². The summed E-state index contributed by atoms with van der Waals surface area (Å²) in [4.78, 5) is 11.3. The number of aryl methyl sites for hydroxylation is 1. The van der Waals surface area contributed by atoms with Crippen molar-refractivity contribution in [3.05, 3.63) is 53.3 Å². The van der Waals surface area contributed by atoms with Crippen LogP contribution in [0.1, 0.15) is 23.8 Å². The number of carbonyl (C=O) groups is 1. The van der Waals surface area contributed by atoms with Crippen molar-refractivity contribution in [2.75, 3.05) is 6.61 Å². The lowest BCUT2D eigenvalue weighted by Gasteiger charge is -2.06. The first-order valence-corrected chi connectivity index (χ1v) is 6.94. The maximum atomic E-state index is 12.6. The van der Waals surface area contributed by atoms with Gasteiger partial charge in [-0.2, -0.15) is 13.2 Å². The number of carbonyl (C=O) groups excluding carboxylic acids is 1. The second kappa shape index (κ2) is 6.73. The molecular formula is C17H15F3O3. The smallest absolute Gasteiger partial charge is 0.416 e. The topological polar surface area (TPSA) is 39.4 Å². The third kappa shape index (κ3) is 4.25. The number of furan rings is 1. The summed E-state index contributed by atoms with van der Waals surface area (Å²) in [5.41, 5.74) is 0.469. The number of ether oxygens (including phenoxy) is 1. The molecule has 3 nitrogen and oxygen atoms in total. The van der Waals surface area contributed by atoms with Crippen LogP contribution >= 0.6 is 0 Å². The minimum Gasteiger partial charge on any atom is -0.463 e. The zero-order chi connectivity index (χ0) is 17.0. The molecule has 2 aromatic rings. The van der Waals surface area contributed by atoms with E-state index >= 15 is 0 Å². The van der Waals surface area contributed by atoms with Crippen LogP contribution in [0.2, 0.25) is 0 Å². The molecule has 0 fully saturated rings. The fourth-order valence-corrected chi connectivity index (χ4v) is 1.98. The van der Waals surface area contributed by atoms with Crippen molar-refractivity contribution in [3.8, 4) is 11.3 Å². The normalized spacial score (nSPS) is 11.9. The van der Waals surface area contributed by atoms with Gasteiger partial charge in [0, 0.05) is 17.2 Å². The van der Waals surface area contributed by atoms with Crippen molar-refractivity contribution in [2.45, 2.75) is 20.0 Å². The Hall–Kier alpha value is -2.50. The standard InChI is InChI=1S/C17H15F3O3/c1-3-22-16(21)9-6-13-10-15(23-11(13)2)12-4-7-14(8-5-12)17(18,19)20/h4-10H,3H2,1-2H3/b9-6+. The van der Waals surface area contributed by atoms with E-state index in [0.29, 0.717) is 22.6 Å². The van der Waals surface area contributed by atoms with Crippen molar-refractivity contribution in [2.24, 2.45) is 0 Å². The van der Waals surface area contributed by atoms with Crippen LogP contribution in [0.5, 0.6) is 0 Å². The van der Waals surface area contributed by atoms with Crippen LogP contribution in [0.25, 0.3) is 17.4 Å². The molecule has 0 aliphatic heterocycles. The number of hydrogen-bond donors (Lipinski definition) is 0.